The zero-order chi connectivity index (χ0) is 18.7. The summed E-state index contributed by atoms with van der Waals surface area (Å²) in [5, 5.41) is 16.3. The highest BCUT2D eigenvalue weighted by molar-refractivity contribution is 5.88. The number of halogens is 2. The molecule has 2 aromatic rings. The topological polar surface area (TPSA) is 62.0 Å². The third-order valence-corrected chi connectivity index (χ3v) is 2.59. The largest absolute Gasteiger partial charge is 0.478 e. The Balaban J connectivity index is 0.00000123. The van der Waals surface area contributed by atoms with Gasteiger partial charge in [0.2, 0.25) is 0 Å². The van der Waals surface area contributed by atoms with E-state index in [-0.39, 0.29) is 22.5 Å². The molecule has 0 aliphatic carbocycles. The van der Waals surface area contributed by atoms with Crippen LogP contribution in [0.15, 0.2) is 46.6 Å². The Kier molecular flexibility index (Phi) is 9.79. The summed E-state index contributed by atoms with van der Waals surface area (Å²) in [4.78, 5) is 10.8. The van der Waals surface area contributed by atoms with Crippen molar-refractivity contribution in [1.82, 2.24) is 0 Å². The first kappa shape index (κ1) is 21.4. The van der Waals surface area contributed by atoms with Crippen molar-refractivity contribution in [1.29, 1.82) is 0 Å². The summed E-state index contributed by atoms with van der Waals surface area (Å²) in [6, 6.07) is 7.71. The number of hydrogen-bond donors (Lipinski definition) is 1. The van der Waals surface area contributed by atoms with Gasteiger partial charge in [0.1, 0.15) is 11.5 Å². The first-order valence-corrected chi connectivity index (χ1v) is 7.68. The van der Waals surface area contributed by atoms with E-state index in [9.17, 15) is 13.6 Å². The minimum atomic E-state index is -1.09. The predicted molar refractivity (Wildman–Crippen MR) is 91.4 cm³/mol. The van der Waals surface area contributed by atoms with Crippen LogP contribution in [0.25, 0.3) is 0 Å². The third kappa shape index (κ3) is 6.24. The standard InChI is InChI=1S/C14H10F2N2O2.2C2H6/c1-8-5-13(12(16)7-11(8)15)18-17-10-4-2-3-9(6-10)14(19)20;2*1-2/h2-7H,1H3,(H,19,20);2*1-2H3. The summed E-state index contributed by atoms with van der Waals surface area (Å²) in [5.41, 5.74) is 0.466. The molecule has 0 atom stereocenters. The number of aryl methyl sites for hydroxylation is 1. The van der Waals surface area contributed by atoms with Gasteiger partial charge in [-0.1, -0.05) is 33.8 Å². The van der Waals surface area contributed by atoms with Crippen LogP contribution in [0.5, 0.6) is 0 Å². The fraction of sp³-hybridized carbons (Fsp3) is 0.278. The van der Waals surface area contributed by atoms with Crippen molar-refractivity contribution in [3.05, 3.63) is 59.2 Å². The average molecular weight is 336 g/mol. The van der Waals surface area contributed by atoms with Crippen LogP contribution >= 0.6 is 0 Å². The number of rotatable bonds is 3. The van der Waals surface area contributed by atoms with Crippen LogP contribution in [0.4, 0.5) is 20.2 Å². The molecule has 0 radical (unpaired) electrons. The van der Waals surface area contributed by atoms with Gasteiger partial charge in [-0.15, -0.1) is 5.11 Å². The zero-order valence-electron chi connectivity index (χ0n) is 14.5. The fourth-order valence-electron chi connectivity index (χ4n) is 1.53. The van der Waals surface area contributed by atoms with Crippen LogP contribution in [-0.4, -0.2) is 11.1 Å². The van der Waals surface area contributed by atoms with Crippen molar-refractivity contribution in [2.45, 2.75) is 34.6 Å². The van der Waals surface area contributed by atoms with Crippen LogP contribution < -0.4 is 0 Å². The minimum Gasteiger partial charge on any atom is -0.478 e. The van der Waals surface area contributed by atoms with Crippen LogP contribution in [0, 0.1) is 18.6 Å². The van der Waals surface area contributed by atoms with E-state index >= 15 is 0 Å². The fourth-order valence-corrected chi connectivity index (χ4v) is 1.53. The minimum absolute atomic E-state index is 0.0530. The molecule has 2 rings (SSSR count). The average Bonchev–Trinajstić information content (AvgIpc) is 2.60. The number of carboxylic acid groups (broad SMARTS) is 1. The lowest BCUT2D eigenvalue weighted by Crippen LogP contribution is -1.94. The van der Waals surface area contributed by atoms with Gasteiger partial charge in [0.05, 0.1) is 11.3 Å². The summed E-state index contributed by atoms with van der Waals surface area (Å²) in [6.45, 7) is 9.48. The van der Waals surface area contributed by atoms with E-state index in [2.05, 4.69) is 10.2 Å². The van der Waals surface area contributed by atoms with Crippen molar-refractivity contribution in [2.75, 3.05) is 0 Å². The molecule has 0 aliphatic rings. The van der Waals surface area contributed by atoms with Gasteiger partial charge in [-0.25, -0.2) is 13.6 Å². The van der Waals surface area contributed by atoms with Crippen molar-refractivity contribution < 1.29 is 18.7 Å². The Hall–Kier alpha value is -2.63. The molecular weight excluding hydrogens is 314 g/mol. The zero-order valence-corrected chi connectivity index (χ0v) is 14.5. The molecule has 0 spiro atoms. The summed E-state index contributed by atoms with van der Waals surface area (Å²) in [5.74, 6) is -2.58. The van der Waals surface area contributed by atoms with Crippen molar-refractivity contribution in [3.63, 3.8) is 0 Å². The molecule has 1 N–H and O–H groups in total. The number of nitrogens with zero attached hydrogens (tertiary/aromatic N) is 2. The van der Waals surface area contributed by atoms with Gasteiger partial charge in [0.25, 0.3) is 0 Å². The molecule has 0 amide bonds. The number of carbonyl (C=O) groups is 1. The molecule has 4 nitrogen and oxygen atoms in total. The van der Waals surface area contributed by atoms with Gasteiger partial charge in [-0.2, -0.15) is 5.11 Å². The normalized spacial score (nSPS) is 9.62. The molecule has 0 unspecified atom stereocenters. The molecule has 6 heteroatoms. The van der Waals surface area contributed by atoms with E-state index in [0.717, 1.165) is 6.07 Å². The Morgan fingerprint density at radius 2 is 1.58 bits per heavy atom. The molecule has 2 aromatic carbocycles. The van der Waals surface area contributed by atoms with Crippen LogP contribution in [0.3, 0.4) is 0 Å². The van der Waals surface area contributed by atoms with Gasteiger partial charge < -0.3 is 5.11 Å². The second-order valence-corrected chi connectivity index (χ2v) is 4.11. The van der Waals surface area contributed by atoms with Crippen LogP contribution in [0.2, 0.25) is 0 Å². The van der Waals surface area contributed by atoms with Crippen molar-refractivity contribution in [2.24, 2.45) is 10.2 Å². The molecule has 0 saturated carbocycles. The van der Waals surface area contributed by atoms with E-state index in [1.807, 2.05) is 27.7 Å². The Morgan fingerprint density at radius 1 is 0.958 bits per heavy atom. The summed E-state index contributed by atoms with van der Waals surface area (Å²) < 4.78 is 26.5. The molecular formula is C18H22F2N2O2. The maximum Gasteiger partial charge on any atom is 0.335 e. The Bertz CT molecular complexity index is 701. The number of benzene rings is 2. The second kappa shape index (κ2) is 11.0. The van der Waals surface area contributed by atoms with E-state index in [4.69, 9.17) is 5.11 Å². The molecule has 0 bridgehead atoms. The van der Waals surface area contributed by atoms with Gasteiger partial charge in [-0.05, 0) is 36.8 Å². The van der Waals surface area contributed by atoms with E-state index in [1.165, 1.54) is 37.3 Å². The smallest absolute Gasteiger partial charge is 0.335 e. The molecule has 0 saturated heterocycles. The first-order chi connectivity index (χ1) is 11.5. The van der Waals surface area contributed by atoms with E-state index < -0.39 is 17.6 Å². The Morgan fingerprint density at radius 3 is 2.17 bits per heavy atom. The molecule has 0 fully saturated rings. The summed E-state index contributed by atoms with van der Waals surface area (Å²) >= 11 is 0. The highest BCUT2D eigenvalue weighted by atomic mass is 19.1. The van der Waals surface area contributed by atoms with Gasteiger partial charge in [0, 0.05) is 6.07 Å². The van der Waals surface area contributed by atoms with Crippen LogP contribution in [0.1, 0.15) is 43.6 Å². The Labute approximate surface area is 140 Å². The lowest BCUT2D eigenvalue weighted by Gasteiger charge is -2.00. The maximum absolute atomic E-state index is 13.5. The number of aromatic carboxylic acids is 1. The number of azo groups is 1. The monoisotopic (exact) mass is 336 g/mol. The van der Waals surface area contributed by atoms with Gasteiger partial charge in [-0.3, -0.25) is 0 Å². The first-order valence-electron chi connectivity index (χ1n) is 7.68. The highest BCUT2D eigenvalue weighted by Crippen LogP contribution is 2.24. The number of carboxylic acids is 1. The molecule has 0 aromatic heterocycles. The summed E-state index contributed by atoms with van der Waals surface area (Å²) in [6.07, 6.45) is 0. The van der Waals surface area contributed by atoms with Crippen molar-refractivity contribution in [3.8, 4) is 0 Å². The van der Waals surface area contributed by atoms with Crippen LogP contribution in [-0.2, 0) is 0 Å². The lowest BCUT2D eigenvalue weighted by molar-refractivity contribution is 0.0697. The quantitative estimate of drug-likeness (QED) is 0.656. The van der Waals surface area contributed by atoms with E-state index in [1.54, 1.807) is 0 Å². The molecule has 0 heterocycles. The third-order valence-electron chi connectivity index (χ3n) is 2.59. The number of hydrogen-bond acceptors (Lipinski definition) is 3. The SMILES string of the molecule is CC.CC.Cc1cc(N=Nc2cccc(C(=O)O)c2)c(F)cc1F. The van der Waals surface area contributed by atoms with Gasteiger partial charge in [0.15, 0.2) is 5.82 Å². The lowest BCUT2D eigenvalue weighted by atomic mass is 10.2. The van der Waals surface area contributed by atoms with Crippen molar-refractivity contribution >= 4 is 17.3 Å². The highest BCUT2D eigenvalue weighted by Gasteiger charge is 2.07. The molecule has 24 heavy (non-hydrogen) atoms. The maximum atomic E-state index is 13.5. The van der Waals surface area contributed by atoms with E-state index in [0.29, 0.717) is 0 Å². The predicted octanol–water partition coefficient (Wildman–Crippen LogP) is 6.44. The molecule has 0 aliphatic heterocycles. The summed E-state index contributed by atoms with van der Waals surface area (Å²) in [7, 11) is 0. The van der Waals surface area contributed by atoms with Gasteiger partial charge >= 0.3 is 5.97 Å². The second-order valence-electron chi connectivity index (χ2n) is 4.11. The molecule has 130 valence electrons.